The second kappa shape index (κ2) is 14.3. The molecular formula is C27H44Na2O9S2. The first kappa shape index (κ1) is 37.6. The SMILES string of the molecule is CC(C)CCC[C@@H](COS(=O)(=O)[O-])[C@H]1CC[C@H]2[C@@H]3CC=C4[C@@H](O)[C@H](OS(=O)(=O)[O-])CC[C@]4(C)[C@H]3CC[C@]12C.[Na+].[Na+]. The molecule has 0 amide bonds. The molecule has 0 aromatic rings. The average Bonchev–Trinajstić information content (AvgIpc) is 3.14. The summed E-state index contributed by atoms with van der Waals surface area (Å²) in [4.78, 5) is 0. The first-order valence-corrected chi connectivity index (χ1v) is 16.8. The van der Waals surface area contributed by atoms with Crippen LogP contribution in [0.5, 0.6) is 0 Å². The molecule has 40 heavy (non-hydrogen) atoms. The van der Waals surface area contributed by atoms with Crippen molar-refractivity contribution < 1.29 is 98.5 Å². The third-order valence-corrected chi connectivity index (χ3v) is 11.7. The molecule has 0 heterocycles. The van der Waals surface area contributed by atoms with Gasteiger partial charge in [-0.05, 0) is 103 Å². The van der Waals surface area contributed by atoms with E-state index in [1.807, 2.05) is 0 Å². The monoisotopic (exact) mass is 622 g/mol. The summed E-state index contributed by atoms with van der Waals surface area (Å²) in [5.41, 5.74) is 0.527. The van der Waals surface area contributed by atoms with Gasteiger partial charge in [0.05, 0.1) is 6.61 Å². The van der Waals surface area contributed by atoms with E-state index in [4.69, 9.17) is 4.18 Å². The molecule has 9 nitrogen and oxygen atoms in total. The topological polar surface area (TPSA) is 153 Å². The molecule has 0 saturated heterocycles. The molecule has 0 radical (unpaired) electrons. The first-order valence-electron chi connectivity index (χ1n) is 14.2. The summed E-state index contributed by atoms with van der Waals surface area (Å²) >= 11 is 0. The summed E-state index contributed by atoms with van der Waals surface area (Å²) in [7, 11) is -9.65. The molecule has 0 bridgehead atoms. The fourth-order valence-corrected chi connectivity index (χ4v) is 9.98. The number of aliphatic hydroxyl groups is 1. The Morgan fingerprint density at radius 3 is 2.25 bits per heavy atom. The van der Waals surface area contributed by atoms with Crippen LogP contribution in [0.3, 0.4) is 0 Å². The Labute approximate surface area is 285 Å². The van der Waals surface area contributed by atoms with Gasteiger partial charge in [0.2, 0.25) is 20.8 Å². The average molecular weight is 623 g/mol. The first-order chi connectivity index (χ1) is 17.6. The van der Waals surface area contributed by atoms with Crippen LogP contribution < -0.4 is 59.1 Å². The second-order valence-electron chi connectivity index (χ2n) is 13.2. The van der Waals surface area contributed by atoms with Crippen LogP contribution in [0.2, 0.25) is 0 Å². The fourth-order valence-electron chi connectivity index (χ4n) is 9.13. The molecule has 0 unspecified atom stereocenters. The van der Waals surface area contributed by atoms with Crippen molar-refractivity contribution in [3.8, 4) is 0 Å². The van der Waals surface area contributed by atoms with Crippen LogP contribution in [-0.2, 0) is 29.2 Å². The van der Waals surface area contributed by atoms with Crippen LogP contribution >= 0.6 is 0 Å². The maximum Gasteiger partial charge on any atom is 1.00 e. The quantitative estimate of drug-likeness (QED) is 0.130. The van der Waals surface area contributed by atoms with Crippen molar-refractivity contribution in [3.63, 3.8) is 0 Å². The molecule has 3 fully saturated rings. The molecule has 0 aliphatic heterocycles. The summed E-state index contributed by atoms with van der Waals surface area (Å²) in [6.07, 6.45) is 8.45. The zero-order valence-corrected chi connectivity index (χ0v) is 30.6. The summed E-state index contributed by atoms with van der Waals surface area (Å²) in [5.74, 6) is 2.01. The third kappa shape index (κ3) is 8.17. The van der Waals surface area contributed by atoms with E-state index in [0.717, 1.165) is 56.9 Å². The molecule has 4 rings (SSSR count). The van der Waals surface area contributed by atoms with Gasteiger partial charge in [-0.3, -0.25) is 8.37 Å². The maximum atomic E-state index is 11.3. The molecule has 9 atom stereocenters. The van der Waals surface area contributed by atoms with E-state index in [2.05, 4.69) is 38.0 Å². The normalized spacial score (nSPS) is 38.2. The summed E-state index contributed by atoms with van der Waals surface area (Å²) in [6, 6.07) is 0. The van der Waals surface area contributed by atoms with Crippen molar-refractivity contribution in [2.75, 3.05) is 6.61 Å². The Kier molecular flexibility index (Phi) is 13.4. The van der Waals surface area contributed by atoms with Crippen molar-refractivity contribution >= 4 is 20.8 Å². The van der Waals surface area contributed by atoms with E-state index in [9.17, 15) is 31.0 Å². The van der Waals surface area contributed by atoms with E-state index in [1.165, 1.54) is 0 Å². The van der Waals surface area contributed by atoms with E-state index >= 15 is 0 Å². The minimum atomic E-state index is -4.90. The summed E-state index contributed by atoms with van der Waals surface area (Å²) in [6.45, 7) is 8.79. The zero-order chi connectivity index (χ0) is 28.1. The largest absolute Gasteiger partial charge is 1.00 e. The van der Waals surface area contributed by atoms with Crippen LogP contribution in [0.1, 0.15) is 91.9 Å². The van der Waals surface area contributed by atoms with Crippen molar-refractivity contribution in [1.82, 2.24) is 0 Å². The van der Waals surface area contributed by atoms with Gasteiger partial charge in [-0.15, -0.1) is 0 Å². The van der Waals surface area contributed by atoms with Gasteiger partial charge in [-0.1, -0.05) is 46.6 Å². The third-order valence-electron chi connectivity index (χ3n) is 10.8. The molecule has 3 saturated carbocycles. The van der Waals surface area contributed by atoms with Gasteiger partial charge >= 0.3 is 59.1 Å². The molecule has 0 spiro atoms. The van der Waals surface area contributed by atoms with Crippen LogP contribution in [0.25, 0.3) is 0 Å². The van der Waals surface area contributed by atoms with Crippen LogP contribution in [0.4, 0.5) is 0 Å². The number of allylic oxidation sites excluding steroid dienone is 1. The van der Waals surface area contributed by atoms with Gasteiger partial charge < -0.3 is 14.2 Å². The molecule has 0 aromatic carbocycles. The summed E-state index contributed by atoms with van der Waals surface area (Å²) < 4.78 is 77.0. The minimum absolute atomic E-state index is 0. The Bertz CT molecular complexity index is 1110. The maximum absolute atomic E-state index is 11.3. The van der Waals surface area contributed by atoms with Crippen molar-refractivity contribution in [2.24, 2.45) is 46.3 Å². The predicted molar refractivity (Wildman–Crippen MR) is 139 cm³/mol. The van der Waals surface area contributed by atoms with Crippen LogP contribution in [-0.4, -0.2) is 49.9 Å². The molecule has 4 aliphatic rings. The molecular weight excluding hydrogens is 578 g/mol. The van der Waals surface area contributed by atoms with Gasteiger partial charge in [0.25, 0.3) is 0 Å². The van der Waals surface area contributed by atoms with E-state index in [0.29, 0.717) is 36.5 Å². The summed E-state index contributed by atoms with van der Waals surface area (Å²) in [5, 5.41) is 11.0. The minimum Gasteiger partial charge on any atom is -0.726 e. The number of fused-ring (bicyclic) bond motifs is 5. The van der Waals surface area contributed by atoms with E-state index in [-0.39, 0.29) is 88.4 Å². The zero-order valence-electron chi connectivity index (χ0n) is 25.0. The number of hydrogen-bond donors (Lipinski definition) is 1. The Hall–Kier alpha value is 1.44. The van der Waals surface area contributed by atoms with Crippen LogP contribution in [0.15, 0.2) is 11.6 Å². The van der Waals surface area contributed by atoms with Gasteiger partial charge in [0.1, 0.15) is 12.2 Å². The molecule has 13 heteroatoms. The van der Waals surface area contributed by atoms with Crippen molar-refractivity contribution in [3.05, 3.63) is 11.6 Å². The second-order valence-corrected chi connectivity index (χ2v) is 15.3. The molecule has 220 valence electrons. The number of aliphatic hydroxyl groups excluding tert-OH is 1. The van der Waals surface area contributed by atoms with Gasteiger partial charge in [-0.2, -0.15) is 0 Å². The number of hydrogen-bond acceptors (Lipinski definition) is 9. The smallest absolute Gasteiger partial charge is 0.726 e. The predicted octanol–water partition coefficient (Wildman–Crippen LogP) is -1.69. The van der Waals surface area contributed by atoms with E-state index in [1.54, 1.807) is 0 Å². The Balaban J connectivity index is 0.00000280. The van der Waals surface area contributed by atoms with E-state index < -0.39 is 33.0 Å². The standard InChI is InChI=1S/C27H46O9S2.2Na/c1-17(2)6-5-7-18(16-35-37(29,30)31)20-10-11-21-19-8-9-23-25(28)24(36-38(32,33)34)13-15-27(23,4)22(19)12-14-26(20,21)3;;/h9,17-22,24-25,28H,5-8,10-16H2,1-4H3,(H,29,30,31)(H,32,33,34);;/q;2*+1/p-2/t18-,19-,20+,21-,22-,24+,25+,26+,27+;;/m0../s1. The molecule has 4 aliphatic carbocycles. The molecule has 1 N–H and O–H groups in total. The Morgan fingerprint density at radius 1 is 0.975 bits per heavy atom. The molecule has 0 aromatic heterocycles. The van der Waals surface area contributed by atoms with Gasteiger partial charge in [0, 0.05) is 0 Å². The van der Waals surface area contributed by atoms with Crippen LogP contribution in [0, 0.1) is 46.3 Å². The number of rotatable bonds is 10. The van der Waals surface area contributed by atoms with Gasteiger partial charge in [0.15, 0.2) is 0 Å². The van der Waals surface area contributed by atoms with Crippen molar-refractivity contribution in [2.45, 2.75) is 104 Å². The Morgan fingerprint density at radius 2 is 1.65 bits per heavy atom. The fraction of sp³-hybridized carbons (Fsp3) is 0.926. The van der Waals surface area contributed by atoms with Crippen molar-refractivity contribution in [1.29, 1.82) is 0 Å². The van der Waals surface area contributed by atoms with Gasteiger partial charge in [-0.25, -0.2) is 16.8 Å².